The van der Waals surface area contributed by atoms with E-state index in [0.29, 0.717) is 33.4 Å². The molecular weight excluding hydrogens is 357 g/mol. The Balaban J connectivity index is 2.08. The van der Waals surface area contributed by atoms with E-state index in [0.717, 1.165) is 23.2 Å². The number of aromatic amines is 1. The first-order valence-corrected chi connectivity index (χ1v) is 8.44. The Morgan fingerprint density at radius 1 is 1.36 bits per heavy atom. The number of benzene rings is 1. The molecule has 6 heteroatoms. The maximum absolute atomic E-state index is 6.44. The molecule has 3 rings (SSSR count). The summed E-state index contributed by atoms with van der Waals surface area (Å²) >= 11 is 12.5. The van der Waals surface area contributed by atoms with Crippen LogP contribution in [0.2, 0.25) is 10.0 Å². The molecule has 1 aromatic carbocycles. The van der Waals surface area contributed by atoms with Gasteiger partial charge in [-0.25, -0.2) is 0 Å². The highest BCUT2D eigenvalue weighted by Crippen LogP contribution is 2.32. The minimum absolute atomic E-state index is 0.204. The van der Waals surface area contributed by atoms with Crippen molar-refractivity contribution in [2.75, 3.05) is 0 Å². The van der Waals surface area contributed by atoms with Crippen molar-refractivity contribution < 1.29 is 4.74 Å². The van der Waals surface area contributed by atoms with E-state index in [1.165, 1.54) is 0 Å². The van der Waals surface area contributed by atoms with Gasteiger partial charge in [0.1, 0.15) is 11.4 Å². The maximum Gasteiger partial charge on any atom is 0.324 e. The van der Waals surface area contributed by atoms with Gasteiger partial charge in [0.05, 0.1) is 21.1 Å². The van der Waals surface area contributed by atoms with E-state index in [-0.39, 0.29) is 6.01 Å². The Morgan fingerprint density at radius 3 is 2.84 bits per heavy atom. The highest BCUT2D eigenvalue weighted by atomic mass is 35.5. The molecule has 0 aliphatic carbocycles. The molecule has 0 aliphatic heterocycles. The molecular formula is C19H15Cl2N3O. The van der Waals surface area contributed by atoms with Crippen molar-refractivity contribution in [3.05, 3.63) is 57.9 Å². The van der Waals surface area contributed by atoms with Gasteiger partial charge in [0.25, 0.3) is 0 Å². The molecule has 2 aromatic heterocycles. The highest BCUT2D eigenvalue weighted by Gasteiger charge is 2.17. The zero-order chi connectivity index (χ0) is 18.0. The lowest BCUT2D eigenvalue weighted by molar-refractivity contribution is 0.442. The van der Waals surface area contributed by atoms with E-state index in [2.05, 4.69) is 27.5 Å². The van der Waals surface area contributed by atoms with Gasteiger partial charge in [-0.2, -0.15) is 9.97 Å². The van der Waals surface area contributed by atoms with Gasteiger partial charge in [-0.1, -0.05) is 42.1 Å². The number of hydrogen-bond donors (Lipinski definition) is 1. The zero-order valence-electron chi connectivity index (χ0n) is 13.6. The van der Waals surface area contributed by atoms with Crippen LogP contribution in [0.15, 0.2) is 30.9 Å². The Kier molecular flexibility index (Phi) is 4.98. The number of ether oxygens (including phenoxy) is 1. The Morgan fingerprint density at radius 2 is 2.16 bits per heavy atom. The monoisotopic (exact) mass is 371 g/mol. The molecule has 0 saturated carbocycles. The fourth-order valence-corrected chi connectivity index (χ4v) is 3.06. The molecule has 2 heterocycles. The van der Waals surface area contributed by atoms with Gasteiger partial charge in [-0.3, -0.25) is 0 Å². The van der Waals surface area contributed by atoms with E-state index in [9.17, 15) is 0 Å². The van der Waals surface area contributed by atoms with Crippen molar-refractivity contribution in [1.29, 1.82) is 0 Å². The number of nitrogens with one attached hydrogen (secondary N) is 1. The number of nitrogens with zero attached hydrogens (tertiary/aromatic N) is 2. The van der Waals surface area contributed by atoms with E-state index in [1.807, 2.05) is 6.92 Å². The second-order valence-corrected chi connectivity index (χ2v) is 6.11. The van der Waals surface area contributed by atoms with Gasteiger partial charge >= 0.3 is 6.01 Å². The average Bonchev–Trinajstić information content (AvgIpc) is 2.93. The minimum atomic E-state index is 0.204. The number of fused-ring (bicyclic) bond motifs is 1. The van der Waals surface area contributed by atoms with E-state index < -0.39 is 0 Å². The predicted molar refractivity (Wildman–Crippen MR) is 102 cm³/mol. The predicted octanol–water partition coefficient (Wildman–Crippen LogP) is 5.33. The summed E-state index contributed by atoms with van der Waals surface area (Å²) < 4.78 is 5.78. The molecule has 0 aliphatic rings. The third-order valence-electron chi connectivity index (χ3n) is 3.71. The lowest BCUT2D eigenvalue weighted by Gasteiger charge is -2.07. The molecule has 0 bridgehead atoms. The molecule has 1 N–H and O–H groups in total. The molecule has 0 fully saturated rings. The topological polar surface area (TPSA) is 50.8 Å². The molecule has 4 nitrogen and oxygen atoms in total. The van der Waals surface area contributed by atoms with Gasteiger partial charge < -0.3 is 9.72 Å². The third-order valence-corrected chi connectivity index (χ3v) is 4.46. The van der Waals surface area contributed by atoms with Crippen LogP contribution in [0.3, 0.4) is 0 Å². The number of aryl methyl sites for hydroxylation is 1. The molecule has 3 aromatic rings. The number of terminal acetylenes is 1. The van der Waals surface area contributed by atoms with Crippen molar-refractivity contribution >= 4 is 34.2 Å². The Bertz CT molecular complexity index is 1000. The normalized spacial score (nSPS) is 10.6. The SMILES string of the molecule is C#Cc1cc(Oc2nc(CC=C)c3c(Cl)c(CC)[nH]c3n2)ccc1Cl. The number of allylic oxidation sites excluding steroid dienone is 1. The lowest BCUT2D eigenvalue weighted by atomic mass is 10.2. The molecule has 126 valence electrons. The Hall–Kier alpha value is -2.48. The number of halogens is 2. The van der Waals surface area contributed by atoms with E-state index >= 15 is 0 Å². The summed E-state index contributed by atoms with van der Waals surface area (Å²) in [5, 5.41) is 1.93. The number of aromatic nitrogens is 3. The standard InChI is InChI=1S/C19H15Cl2N3O/c1-4-7-15-16-17(21)14(6-3)22-18(16)24-19(23-15)25-12-8-9-13(20)11(5-2)10-12/h2,4,8-10H,1,6-7H2,3H3,(H,22,23,24). The van der Waals surface area contributed by atoms with Crippen LogP contribution in [0.1, 0.15) is 23.9 Å². The first-order chi connectivity index (χ1) is 12.1. The summed E-state index contributed by atoms with van der Waals surface area (Å²) in [5.41, 5.74) is 2.84. The first-order valence-electron chi connectivity index (χ1n) is 7.69. The van der Waals surface area contributed by atoms with Crippen LogP contribution in [0.5, 0.6) is 11.8 Å². The van der Waals surface area contributed by atoms with Crippen LogP contribution in [0.25, 0.3) is 11.0 Å². The molecule has 0 radical (unpaired) electrons. The maximum atomic E-state index is 6.44. The lowest BCUT2D eigenvalue weighted by Crippen LogP contribution is -1.98. The fraction of sp³-hybridized carbons (Fsp3) is 0.158. The number of rotatable bonds is 5. The first kappa shape index (κ1) is 17.3. The molecule has 0 atom stereocenters. The molecule has 25 heavy (non-hydrogen) atoms. The van der Waals surface area contributed by atoms with Gasteiger partial charge in [0.2, 0.25) is 0 Å². The summed E-state index contributed by atoms with van der Waals surface area (Å²) in [7, 11) is 0. The quantitative estimate of drug-likeness (QED) is 0.487. The van der Waals surface area contributed by atoms with Crippen LogP contribution in [0.4, 0.5) is 0 Å². The van der Waals surface area contributed by atoms with Gasteiger partial charge in [0, 0.05) is 17.7 Å². The zero-order valence-corrected chi connectivity index (χ0v) is 15.1. The number of H-pyrrole nitrogens is 1. The van der Waals surface area contributed by atoms with Crippen molar-refractivity contribution in [3.63, 3.8) is 0 Å². The second kappa shape index (κ2) is 7.18. The van der Waals surface area contributed by atoms with Crippen LogP contribution in [0, 0.1) is 12.3 Å². The average molecular weight is 372 g/mol. The van der Waals surface area contributed by atoms with Crippen LogP contribution < -0.4 is 4.74 Å². The number of hydrogen-bond acceptors (Lipinski definition) is 3. The van der Waals surface area contributed by atoms with Crippen molar-refractivity contribution in [1.82, 2.24) is 15.0 Å². The van der Waals surface area contributed by atoms with Crippen molar-refractivity contribution in [3.8, 4) is 24.1 Å². The minimum Gasteiger partial charge on any atom is -0.424 e. The van der Waals surface area contributed by atoms with E-state index in [1.54, 1.807) is 24.3 Å². The second-order valence-electron chi connectivity index (χ2n) is 5.33. The summed E-state index contributed by atoms with van der Waals surface area (Å²) in [6.45, 7) is 5.79. The summed E-state index contributed by atoms with van der Waals surface area (Å²) in [6, 6.07) is 5.26. The van der Waals surface area contributed by atoms with Gasteiger partial charge in [-0.15, -0.1) is 13.0 Å². The van der Waals surface area contributed by atoms with Crippen LogP contribution in [-0.2, 0) is 12.8 Å². The molecule has 0 spiro atoms. The smallest absolute Gasteiger partial charge is 0.324 e. The summed E-state index contributed by atoms with van der Waals surface area (Å²) in [4.78, 5) is 12.1. The molecule has 0 saturated heterocycles. The van der Waals surface area contributed by atoms with Crippen molar-refractivity contribution in [2.45, 2.75) is 19.8 Å². The fourth-order valence-electron chi connectivity index (χ4n) is 2.51. The molecule has 0 unspecified atom stereocenters. The summed E-state index contributed by atoms with van der Waals surface area (Å²) in [6.07, 6.45) is 8.51. The Labute approximate surface area is 155 Å². The van der Waals surface area contributed by atoms with Crippen LogP contribution >= 0.6 is 23.2 Å². The highest BCUT2D eigenvalue weighted by molar-refractivity contribution is 6.36. The van der Waals surface area contributed by atoms with Gasteiger partial charge in [0.15, 0.2) is 0 Å². The third kappa shape index (κ3) is 3.34. The largest absolute Gasteiger partial charge is 0.424 e. The van der Waals surface area contributed by atoms with Gasteiger partial charge in [-0.05, 0) is 24.6 Å². The summed E-state index contributed by atoms with van der Waals surface area (Å²) in [5.74, 6) is 3.02. The van der Waals surface area contributed by atoms with E-state index in [4.69, 9.17) is 34.4 Å². The van der Waals surface area contributed by atoms with Crippen molar-refractivity contribution in [2.24, 2.45) is 0 Å². The van der Waals surface area contributed by atoms with Crippen LogP contribution in [-0.4, -0.2) is 15.0 Å². The molecule has 0 amide bonds.